The highest BCUT2D eigenvalue weighted by molar-refractivity contribution is 5.75. The normalized spacial score (nSPS) is 10.6. The number of aryl methyl sites for hydroxylation is 2. The number of para-hydroxylation sites is 1. The summed E-state index contributed by atoms with van der Waals surface area (Å²) >= 11 is 0. The lowest BCUT2D eigenvalue weighted by Crippen LogP contribution is -2.39. The Hall–Kier alpha value is -3.27. The van der Waals surface area contributed by atoms with Crippen LogP contribution in [0.3, 0.4) is 0 Å². The first-order valence-electron chi connectivity index (χ1n) is 9.98. The van der Waals surface area contributed by atoms with Crippen molar-refractivity contribution in [3.8, 4) is 5.75 Å². The Morgan fingerprint density at radius 1 is 0.828 bits per heavy atom. The van der Waals surface area contributed by atoms with Gasteiger partial charge in [0.1, 0.15) is 5.75 Å². The van der Waals surface area contributed by atoms with E-state index in [0.717, 1.165) is 34.4 Å². The minimum Gasteiger partial charge on any atom is -0.493 e. The van der Waals surface area contributed by atoms with E-state index in [1.165, 1.54) is 0 Å². The fourth-order valence-electron chi connectivity index (χ4n) is 3.31. The largest absolute Gasteiger partial charge is 0.493 e. The first-order valence-corrected chi connectivity index (χ1v) is 9.98. The van der Waals surface area contributed by atoms with E-state index in [-0.39, 0.29) is 12.1 Å². The molecule has 0 aliphatic heterocycles. The van der Waals surface area contributed by atoms with Gasteiger partial charge in [-0.15, -0.1) is 0 Å². The lowest BCUT2D eigenvalue weighted by molar-refractivity contribution is 0.237. The number of ether oxygens (including phenoxy) is 1. The van der Waals surface area contributed by atoms with E-state index in [1.54, 1.807) is 0 Å². The van der Waals surface area contributed by atoms with Gasteiger partial charge in [-0.3, -0.25) is 0 Å². The molecule has 0 radical (unpaired) electrons. The van der Waals surface area contributed by atoms with Crippen LogP contribution < -0.4 is 15.4 Å². The van der Waals surface area contributed by atoms with Crippen LogP contribution in [0.1, 0.15) is 34.7 Å². The number of carbonyl (C=O) groups excluding carboxylic acids is 1. The summed E-state index contributed by atoms with van der Waals surface area (Å²) in [7, 11) is 0. The number of amides is 2. The second-order valence-corrected chi connectivity index (χ2v) is 7.08. The third-order valence-electron chi connectivity index (χ3n) is 4.80. The molecule has 0 spiro atoms. The first kappa shape index (κ1) is 20.5. The molecule has 0 bridgehead atoms. The van der Waals surface area contributed by atoms with E-state index in [9.17, 15) is 4.79 Å². The Balaban J connectivity index is 1.50. The first-order chi connectivity index (χ1) is 14.1. The monoisotopic (exact) mass is 388 g/mol. The Labute approximate surface area is 172 Å². The molecule has 150 valence electrons. The van der Waals surface area contributed by atoms with Crippen LogP contribution in [0, 0.1) is 13.8 Å². The van der Waals surface area contributed by atoms with E-state index >= 15 is 0 Å². The fraction of sp³-hybridized carbons (Fsp3) is 0.240. The maximum atomic E-state index is 12.5. The van der Waals surface area contributed by atoms with Crippen molar-refractivity contribution in [2.24, 2.45) is 0 Å². The van der Waals surface area contributed by atoms with Gasteiger partial charge >= 0.3 is 6.03 Å². The highest BCUT2D eigenvalue weighted by atomic mass is 16.5. The molecule has 0 unspecified atom stereocenters. The summed E-state index contributed by atoms with van der Waals surface area (Å²) in [4.78, 5) is 12.5. The van der Waals surface area contributed by atoms with Crippen LogP contribution >= 0.6 is 0 Å². The molecule has 0 aliphatic rings. The number of hydrogen-bond acceptors (Lipinski definition) is 2. The van der Waals surface area contributed by atoms with Crippen molar-refractivity contribution < 1.29 is 9.53 Å². The van der Waals surface area contributed by atoms with E-state index in [1.807, 2.05) is 92.7 Å². The average Bonchev–Trinajstić information content (AvgIpc) is 2.75. The highest BCUT2D eigenvalue weighted by Gasteiger charge is 2.16. The molecule has 2 N–H and O–H groups in total. The van der Waals surface area contributed by atoms with Gasteiger partial charge in [-0.1, -0.05) is 78.9 Å². The molecule has 29 heavy (non-hydrogen) atoms. The number of hydrogen-bond donors (Lipinski definition) is 2. The van der Waals surface area contributed by atoms with Gasteiger partial charge in [0.15, 0.2) is 0 Å². The molecule has 0 saturated heterocycles. The van der Waals surface area contributed by atoms with E-state index < -0.39 is 0 Å². The summed E-state index contributed by atoms with van der Waals surface area (Å²) in [6.45, 7) is 5.20. The predicted octanol–water partition coefficient (Wildman–Crippen LogP) is 5.16. The van der Waals surface area contributed by atoms with E-state index in [0.29, 0.717) is 13.2 Å². The quantitative estimate of drug-likeness (QED) is 0.524. The minimum atomic E-state index is -0.191. The molecular formula is C25H28N2O2. The Kier molecular flexibility index (Phi) is 7.28. The summed E-state index contributed by atoms with van der Waals surface area (Å²) in [6, 6.07) is 25.7. The second-order valence-electron chi connectivity index (χ2n) is 7.08. The zero-order valence-electron chi connectivity index (χ0n) is 17.0. The molecule has 0 saturated carbocycles. The molecular weight excluding hydrogens is 360 g/mol. The van der Waals surface area contributed by atoms with Crippen LogP contribution in [0.2, 0.25) is 0 Å². The van der Waals surface area contributed by atoms with Crippen molar-refractivity contribution >= 4 is 6.03 Å². The molecule has 0 fully saturated rings. The number of carbonyl (C=O) groups is 1. The SMILES string of the molecule is Cc1cccc(C)c1OCCCNC(=O)NC(c1ccccc1)c1ccccc1. The smallest absolute Gasteiger partial charge is 0.315 e. The Bertz CT molecular complexity index is 851. The van der Waals surface area contributed by atoms with Gasteiger partial charge in [0, 0.05) is 6.54 Å². The fourth-order valence-corrected chi connectivity index (χ4v) is 3.31. The van der Waals surface area contributed by atoms with Gasteiger partial charge in [-0.05, 0) is 42.5 Å². The van der Waals surface area contributed by atoms with Gasteiger partial charge < -0.3 is 15.4 Å². The summed E-state index contributed by atoms with van der Waals surface area (Å²) in [5.74, 6) is 0.935. The third kappa shape index (κ3) is 5.85. The summed E-state index contributed by atoms with van der Waals surface area (Å²) in [5, 5.41) is 6.02. The number of benzene rings is 3. The zero-order valence-corrected chi connectivity index (χ0v) is 17.0. The third-order valence-corrected chi connectivity index (χ3v) is 4.80. The topological polar surface area (TPSA) is 50.4 Å². The second kappa shape index (κ2) is 10.3. The molecule has 0 aromatic heterocycles. The van der Waals surface area contributed by atoms with Crippen molar-refractivity contribution in [1.29, 1.82) is 0 Å². The van der Waals surface area contributed by atoms with Crippen molar-refractivity contribution in [3.63, 3.8) is 0 Å². The van der Waals surface area contributed by atoms with Crippen molar-refractivity contribution in [1.82, 2.24) is 10.6 Å². The summed E-state index contributed by atoms with van der Waals surface area (Å²) in [5.41, 5.74) is 4.35. The molecule has 2 amide bonds. The predicted molar refractivity (Wildman–Crippen MR) is 117 cm³/mol. The van der Waals surface area contributed by atoms with Gasteiger partial charge in [-0.2, -0.15) is 0 Å². The lowest BCUT2D eigenvalue weighted by atomic mass is 9.99. The van der Waals surface area contributed by atoms with Crippen LogP contribution in [-0.2, 0) is 0 Å². The molecule has 3 rings (SSSR count). The number of nitrogens with one attached hydrogen (secondary N) is 2. The summed E-state index contributed by atoms with van der Waals surface area (Å²) < 4.78 is 5.90. The Morgan fingerprint density at radius 2 is 1.38 bits per heavy atom. The van der Waals surface area contributed by atoms with Gasteiger partial charge in [-0.25, -0.2) is 4.79 Å². The molecule has 4 nitrogen and oxygen atoms in total. The molecule has 0 aliphatic carbocycles. The standard InChI is InChI=1S/C25H28N2O2/c1-19-11-9-12-20(2)24(19)29-18-10-17-26-25(28)27-23(21-13-5-3-6-14-21)22-15-7-4-8-16-22/h3-9,11-16,23H,10,17-18H2,1-2H3,(H2,26,27,28). The van der Waals surface area contributed by atoms with Crippen LogP contribution in [0.5, 0.6) is 5.75 Å². The average molecular weight is 389 g/mol. The lowest BCUT2D eigenvalue weighted by Gasteiger charge is -2.20. The van der Waals surface area contributed by atoms with E-state index in [2.05, 4.69) is 10.6 Å². The maximum absolute atomic E-state index is 12.5. The molecule has 3 aromatic carbocycles. The van der Waals surface area contributed by atoms with Crippen molar-refractivity contribution in [2.45, 2.75) is 26.3 Å². The van der Waals surface area contributed by atoms with E-state index in [4.69, 9.17) is 4.74 Å². The molecule has 0 atom stereocenters. The number of rotatable bonds is 8. The Morgan fingerprint density at radius 3 is 1.93 bits per heavy atom. The van der Waals surface area contributed by atoms with Crippen LogP contribution in [-0.4, -0.2) is 19.2 Å². The van der Waals surface area contributed by atoms with Gasteiger partial charge in [0.05, 0.1) is 12.6 Å². The zero-order chi connectivity index (χ0) is 20.5. The maximum Gasteiger partial charge on any atom is 0.315 e. The van der Waals surface area contributed by atoms with Gasteiger partial charge in [0.2, 0.25) is 0 Å². The van der Waals surface area contributed by atoms with Crippen molar-refractivity contribution in [3.05, 3.63) is 101 Å². The summed E-state index contributed by atoms with van der Waals surface area (Å²) in [6.07, 6.45) is 0.739. The van der Waals surface area contributed by atoms with Crippen LogP contribution in [0.25, 0.3) is 0 Å². The van der Waals surface area contributed by atoms with Crippen molar-refractivity contribution in [2.75, 3.05) is 13.2 Å². The van der Waals surface area contributed by atoms with Crippen LogP contribution in [0.15, 0.2) is 78.9 Å². The highest BCUT2D eigenvalue weighted by Crippen LogP contribution is 2.23. The number of urea groups is 1. The molecule has 3 aromatic rings. The molecule has 4 heteroatoms. The molecule has 0 heterocycles. The van der Waals surface area contributed by atoms with Gasteiger partial charge in [0.25, 0.3) is 0 Å². The minimum absolute atomic E-state index is 0.185. The van der Waals surface area contributed by atoms with Crippen LogP contribution in [0.4, 0.5) is 4.79 Å².